The third-order valence-corrected chi connectivity index (χ3v) is 5.59. The molecule has 1 aromatic rings. The number of halogens is 1. The molecule has 2 atom stereocenters. The molecule has 1 saturated heterocycles. The van der Waals surface area contributed by atoms with Gasteiger partial charge in [-0.1, -0.05) is 6.42 Å². The van der Waals surface area contributed by atoms with Crippen molar-refractivity contribution in [3.05, 3.63) is 20.8 Å². The Hall–Kier alpha value is 0.1000. The summed E-state index contributed by atoms with van der Waals surface area (Å²) >= 11 is 5.45. The van der Waals surface area contributed by atoms with Gasteiger partial charge >= 0.3 is 0 Å². The summed E-state index contributed by atoms with van der Waals surface area (Å²) in [5, 5.41) is 0. The van der Waals surface area contributed by atoms with Crippen LogP contribution in [0.2, 0.25) is 0 Å². The summed E-state index contributed by atoms with van der Waals surface area (Å²) in [5.41, 5.74) is 6.04. The van der Waals surface area contributed by atoms with E-state index in [0.717, 1.165) is 6.54 Å². The van der Waals surface area contributed by atoms with Gasteiger partial charge in [-0.15, -0.1) is 11.3 Å². The zero-order chi connectivity index (χ0) is 13.1. The molecular weight excluding hydrogens is 308 g/mol. The average molecular weight is 331 g/mol. The quantitative estimate of drug-likeness (QED) is 0.906. The van der Waals surface area contributed by atoms with E-state index in [2.05, 4.69) is 46.8 Å². The third kappa shape index (κ3) is 3.16. The Morgan fingerprint density at radius 2 is 2.22 bits per heavy atom. The van der Waals surface area contributed by atoms with Crippen LogP contribution in [0.5, 0.6) is 0 Å². The van der Waals surface area contributed by atoms with Crippen LogP contribution < -0.4 is 5.73 Å². The summed E-state index contributed by atoms with van der Waals surface area (Å²) < 4.78 is 1.22. The molecule has 0 aliphatic carbocycles. The highest BCUT2D eigenvalue weighted by molar-refractivity contribution is 9.11. The van der Waals surface area contributed by atoms with E-state index in [9.17, 15) is 0 Å². The van der Waals surface area contributed by atoms with Crippen LogP contribution in [0.3, 0.4) is 0 Å². The average Bonchev–Trinajstić information content (AvgIpc) is 2.64. The Labute approximate surface area is 123 Å². The molecular formula is C14H23BrN2S. The van der Waals surface area contributed by atoms with Crippen molar-refractivity contribution in [2.45, 2.75) is 45.2 Å². The fourth-order valence-electron chi connectivity index (χ4n) is 2.98. The largest absolute Gasteiger partial charge is 0.330 e. The van der Waals surface area contributed by atoms with E-state index >= 15 is 0 Å². The molecule has 1 aromatic heterocycles. The Morgan fingerprint density at radius 3 is 2.78 bits per heavy atom. The summed E-state index contributed by atoms with van der Waals surface area (Å²) in [6, 6.07) is 5.52. The summed E-state index contributed by atoms with van der Waals surface area (Å²) in [6.45, 7) is 6.60. The van der Waals surface area contributed by atoms with Crippen LogP contribution in [0.1, 0.15) is 44.0 Å². The molecule has 0 spiro atoms. The van der Waals surface area contributed by atoms with Crippen molar-refractivity contribution in [3.8, 4) is 0 Å². The lowest BCUT2D eigenvalue weighted by Crippen LogP contribution is -2.39. The Balaban J connectivity index is 2.32. The van der Waals surface area contributed by atoms with E-state index in [1.54, 1.807) is 0 Å². The van der Waals surface area contributed by atoms with Gasteiger partial charge in [0.1, 0.15) is 0 Å². The molecule has 2 N–H and O–H groups in total. The first-order chi connectivity index (χ1) is 8.63. The highest BCUT2D eigenvalue weighted by Gasteiger charge is 2.32. The van der Waals surface area contributed by atoms with Gasteiger partial charge in [0.15, 0.2) is 0 Å². The van der Waals surface area contributed by atoms with Crippen LogP contribution in [0.25, 0.3) is 0 Å². The zero-order valence-electron chi connectivity index (χ0n) is 11.2. The van der Waals surface area contributed by atoms with Crippen LogP contribution in [-0.4, -0.2) is 24.0 Å². The van der Waals surface area contributed by atoms with Gasteiger partial charge in [0.05, 0.1) is 3.79 Å². The standard InChI is InChI=1S/C14H23BrN2S/c1-10(2)17-8-4-3-5-11(9-16)14(17)12-6-7-13(15)18-12/h6-7,10-11,14H,3-5,8-9,16H2,1-2H3. The molecule has 1 aliphatic heterocycles. The van der Waals surface area contributed by atoms with E-state index < -0.39 is 0 Å². The number of thiophene rings is 1. The second-order valence-corrected chi connectivity index (χ2v) is 7.90. The van der Waals surface area contributed by atoms with E-state index in [0.29, 0.717) is 18.0 Å². The van der Waals surface area contributed by atoms with Crippen molar-refractivity contribution in [2.75, 3.05) is 13.1 Å². The fraction of sp³-hybridized carbons (Fsp3) is 0.714. The lowest BCUT2D eigenvalue weighted by atomic mass is 9.93. The van der Waals surface area contributed by atoms with Crippen molar-refractivity contribution < 1.29 is 0 Å². The maximum Gasteiger partial charge on any atom is 0.0701 e. The molecule has 2 unspecified atom stereocenters. The summed E-state index contributed by atoms with van der Waals surface area (Å²) in [5.74, 6) is 0.598. The van der Waals surface area contributed by atoms with Gasteiger partial charge in [0.25, 0.3) is 0 Å². The van der Waals surface area contributed by atoms with E-state index in [4.69, 9.17) is 5.73 Å². The first kappa shape index (κ1) is 14.5. The van der Waals surface area contributed by atoms with E-state index in [1.165, 1.54) is 34.5 Å². The van der Waals surface area contributed by atoms with Gasteiger partial charge < -0.3 is 5.73 Å². The van der Waals surface area contributed by atoms with Crippen LogP contribution in [0.4, 0.5) is 0 Å². The minimum Gasteiger partial charge on any atom is -0.330 e. The predicted octanol–water partition coefficient (Wildman–Crippen LogP) is 4.02. The smallest absolute Gasteiger partial charge is 0.0701 e. The van der Waals surface area contributed by atoms with Crippen LogP contribution in [-0.2, 0) is 0 Å². The Kier molecular flexibility index (Phi) is 5.24. The van der Waals surface area contributed by atoms with Crippen LogP contribution in [0.15, 0.2) is 15.9 Å². The number of hydrogen-bond donors (Lipinski definition) is 1. The number of rotatable bonds is 3. The normalized spacial score (nSPS) is 26.5. The molecule has 0 saturated carbocycles. The maximum absolute atomic E-state index is 6.04. The second kappa shape index (κ2) is 6.51. The van der Waals surface area contributed by atoms with Crippen molar-refractivity contribution >= 4 is 27.3 Å². The Bertz CT molecular complexity index is 378. The molecule has 0 radical (unpaired) electrons. The van der Waals surface area contributed by atoms with Crippen molar-refractivity contribution in [1.82, 2.24) is 4.90 Å². The topological polar surface area (TPSA) is 29.3 Å². The summed E-state index contributed by atoms with van der Waals surface area (Å²) in [6.07, 6.45) is 3.88. The van der Waals surface area contributed by atoms with E-state index in [1.807, 2.05) is 11.3 Å². The molecule has 4 heteroatoms. The molecule has 2 heterocycles. The van der Waals surface area contributed by atoms with E-state index in [-0.39, 0.29) is 0 Å². The van der Waals surface area contributed by atoms with Crippen molar-refractivity contribution in [3.63, 3.8) is 0 Å². The van der Waals surface area contributed by atoms with Crippen LogP contribution in [0, 0.1) is 5.92 Å². The van der Waals surface area contributed by atoms with Gasteiger partial charge in [-0.3, -0.25) is 4.90 Å². The Morgan fingerprint density at radius 1 is 1.44 bits per heavy atom. The SMILES string of the molecule is CC(C)N1CCCCC(CN)C1c1ccc(Br)s1. The van der Waals surface area contributed by atoms with Crippen LogP contribution >= 0.6 is 27.3 Å². The van der Waals surface area contributed by atoms with Gasteiger partial charge in [-0.2, -0.15) is 0 Å². The third-order valence-electron chi connectivity index (χ3n) is 3.90. The molecule has 102 valence electrons. The monoisotopic (exact) mass is 330 g/mol. The minimum absolute atomic E-state index is 0.508. The molecule has 18 heavy (non-hydrogen) atoms. The van der Waals surface area contributed by atoms with Crippen molar-refractivity contribution in [1.29, 1.82) is 0 Å². The maximum atomic E-state index is 6.04. The number of likely N-dealkylation sites (tertiary alicyclic amines) is 1. The van der Waals surface area contributed by atoms with Gasteiger partial charge in [0, 0.05) is 17.0 Å². The molecule has 1 fully saturated rings. The molecule has 0 bridgehead atoms. The molecule has 2 nitrogen and oxygen atoms in total. The second-order valence-electron chi connectivity index (χ2n) is 5.41. The minimum atomic E-state index is 0.508. The fourth-order valence-corrected chi connectivity index (χ4v) is 4.62. The predicted molar refractivity (Wildman–Crippen MR) is 83.0 cm³/mol. The van der Waals surface area contributed by atoms with Crippen molar-refractivity contribution in [2.24, 2.45) is 11.7 Å². The van der Waals surface area contributed by atoms with Gasteiger partial charge in [-0.25, -0.2) is 0 Å². The molecule has 0 amide bonds. The first-order valence-electron chi connectivity index (χ1n) is 6.84. The molecule has 1 aliphatic rings. The lowest BCUT2D eigenvalue weighted by Gasteiger charge is -2.37. The number of hydrogen-bond acceptors (Lipinski definition) is 3. The van der Waals surface area contributed by atoms with Gasteiger partial charge in [-0.05, 0) is 73.8 Å². The highest BCUT2D eigenvalue weighted by atomic mass is 79.9. The number of nitrogens with two attached hydrogens (primary N) is 1. The molecule has 0 aromatic carbocycles. The zero-order valence-corrected chi connectivity index (χ0v) is 13.6. The van der Waals surface area contributed by atoms with Gasteiger partial charge in [0.2, 0.25) is 0 Å². The lowest BCUT2D eigenvalue weighted by molar-refractivity contribution is 0.124. The molecule has 2 rings (SSSR count). The summed E-state index contributed by atoms with van der Waals surface area (Å²) in [7, 11) is 0. The first-order valence-corrected chi connectivity index (χ1v) is 8.45. The summed E-state index contributed by atoms with van der Waals surface area (Å²) in [4.78, 5) is 4.11. The highest BCUT2D eigenvalue weighted by Crippen LogP contribution is 2.40. The number of nitrogens with zero attached hydrogens (tertiary/aromatic N) is 1.